The van der Waals surface area contributed by atoms with Crippen molar-refractivity contribution in [1.29, 1.82) is 0 Å². The summed E-state index contributed by atoms with van der Waals surface area (Å²) in [7, 11) is 0. The molecule has 91 valence electrons. The fourth-order valence-electron chi connectivity index (χ4n) is 2.02. The zero-order valence-electron chi connectivity index (χ0n) is 10.3. The van der Waals surface area contributed by atoms with Gasteiger partial charge in [0.05, 0.1) is 0 Å². The van der Waals surface area contributed by atoms with Crippen LogP contribution < -0.4 is 24.8 Å². The van der Waals surface area contributed by atoms with Crippen molar-refractivity contribution < 1.29 is 46.7 Å². The fourth-order valence-corrected chi connectivity index (χ4v) is 9.98. The molecule has 0 saturated carbocycles. The summed E-state index contributed by atoms with van der Waals surface area (Å²) in [6, 6.07) is 0. The van der Waals surface area contributed by atoms with Gasteiger partial charge in [0.2, 0.25) is 0 Å². The summed E-state index contributed by atoms with van der Waals surface area (Å²) in [6.07, 6.45) is 15.2. The van der Waals surface area contributed by atoms with Crippen molar-refractivity contribution in [3.8, 4) is 0 Å². The van der Waals surface area contributed by atoms with Crippen molar-refractivity contribution in [2.45, 2.75) is 32.4 Å². The molecule has 0 aliphatic heterocycles. The average Bonchev–Trinajstić information content (AvgIpc) is 2.78. The summed E-state index contributed by atoms with van der Waals surface area (Å²) in [5.74, 6) is 0. The third-order valence-electron chi connectivity index (χ3n) is 2.70. The standard InChI is InChI=1S/C11H11.C2H6Si.2ClH.Zr/c1-2-6-10(5-1)9-11-7-3-4-8-11;1-3-2;;;/h1-3,5,7H,4,6,9H2;1-2H3;2*1H;/q;;;;+2/p-2. The van der Waals surface area contributed by atoms with E-state index in [1.165, 1.54) is 19.3 Å². The van der Waals surface area contributed by atoms with E-state index in [-0.39, 0.29) is 52.1 Å². The Morgan fingerprint density at radius 1 is 1.18 bits per heavy atom. The van der Waals surface area contributed by atoms with Crippen LogP contribution in [0.1, 0.15) is 19.3 Å². The van der Waals surface area contributed by atoms with Crippen LogP contribution >= 0.6 is 0 Å². The van der Waals surface area contributed by atoms with Gasteiger partial charge in [-0.3, -0.25) is 0 Å². The minimum atomic E-state index is -0.174. The summed E-state index contributed by atoms with van der Waals surface area (Å²) in [6.45, 7) is 4.96. The molecule has 0 nitrogen and oxygen atoms in total. The molecular weight excluding hydrogens is 346 g/mol. The van der Waals surface area contributed by atoms with Crippen molar-refractivity contribution in [1.82, 2.24) is 0 Å². The first kappa shape index (κ1) is 17.6. The second-order valence-corrected chi connectivity index (χ2v) is 17.3. The third kappa shape index (κ3) is 5.42. The molecule has 2 aliphatic rings. The molecule has 17 heavy (non-hydrogen) atoms. The third-order valence-corrected chi connectivity index (χ3v) is 10.7. The van der Waals surface area contributed by atoms with Crippen LogP contribution in [0.5, 0.6) is 0 Å². The number of hydrogen-bond donors (Lipinski definition) is 0. The van der Waals surface area contributed by atoms with Gasteiger partial charge in [0.25, 0.3) is 0 Å². The van der Waals surface area contributed by atoms with Crippen LogP contribution in [0.25, 0.3) is 0 Å². The molecule has 2 aliphatic carbocycles. The Balaban J connectivity index is 0.00000128. The second-order valence-electron chi connectivity index (χ2n) is 4.37. The van der Waals surface area contributed by atoms with E-state index in [2.05, 4.69) is 43.5 Å². The van der Waals surface area contributed by atoms with Gasteiger partial charge >= 0.3 is 104 Å². The van der Waals surface area contributed by atoms with Crippen molar-refractivity contribution in [2.75, 3.05) is 0 Å². The normalized spacial score (nSPS) is 16.2. The number of allylic oxidation sites excluding steroid dienone is 8. The van der Waals surface area contributed by atoms with Crippen LogP contribution in [0, 0.1) is 0 Å². The monoisotopic (exact) mass is 361 g/mol. The van der Waals surface area contributed by atoms with Crippen molar-refractivity contribution >= 4 is 5.43 Å². The molecule has 0 heterocycles. The van der Waals surface area contributed by atoms with E-state index in [0.29, 0.717) is 0 Å². The van der Waals surface area contributed by atoms with Crippen molar-refractivity contribution in [3.05, 3.63) is 44.8 Å². The molecule has 0 amide bonds. The van der Waals surface area contributed by atoms with E-state index >= 15 is 0 Å². The fraction of sp³-hybridized carbons (Fsp3) is 0.385. The van der Waals surface area contributed by atoms with Gasteiger partial charge in [-0.05, 0) is 0 Å². The number of hydrogen-bond acceptors (Lipinski definition) is 0. The largest absolute Gasteiger partial charge is 1.00 e. The van der Waals surface area contributed by atoms with Gasteiger partial charge in [-0.1, -0.05) is 0 Å². The van der Waals surface area contributed by atoms with Gasteiger partial charge in [-0.2, -0.15) is 0 Å². The zero-order valence-corrected chi connectivity index (χ0v) is 15.2. The minimum Gasteiger partial charge on any atom is -1.00 e. The molecule has 2 rings (SSSR count). The van der Waals surface area contributed by atoms with E-state index < -0.39 is 0 Å². The molecule has 0 aromatic carbocycles. The molecule has 0 saturated heterocycles. The minimum absolute atomic E-state index is 0. The topological polar surface area (TPSA) is 0 Å². The van der Waals surface area contributed by atoms with Crippen LogP contribution in [0.3, 0.4) is 0 Å². The van der Waals surface area contributed by atoms with Gasteiger partial charge in [-0.15, -0.1) is 0 Å². The van der Waals surface area contributed by atoms with Crippen LogP contribution in [-0.2, 0) is 21.9 Å². The summed E-state index contributed by atoms with van der Waals surface area (Å²) in [5, 5.41) is 0. The van der Waals surface area contributed by atoms with Gasteiger partial charge in [0.15, 0.2) is 0 Å². The Hall–Kier alpha value is 0.640. The summed E-state index contributed by atoms with van der Waals surface area (Å²) < 4.78 is 1.88. The molecule has 0 fully saturated rings. The SMILES string of the molecule is C[Si](C)=[Zr+2][C]1=C(CC2=CC=CC2)C=CC1.[Cl-].[Cl-]. The first-order valence-electron chi connectivity index (χ1n) is 5.56. The predicted octanol–water partition coefficient (Wildman–Crippen LogP) is -2.18. The Morgan fingerprint density at radius 3 is 2.53 bits per heavy atom. The molecule has 0 spiro atoms. The summed E-state index contributed by atoms with van der Waals surface area (Å²) in [4.78, 5) is 0. The van der Waals surface area contributed by atoms with E-state index in [1.54, 1.807) is 11.1 Å². The molecule has 0 unspecified atom stereocenters. The van der Waals surface area contributed by atoms with E-state index in [4.69, 9.17) is 0 Å². The first-order valence-corrected chi connectivity index (χ1v) is 13.0. The molecular formula is C13H17Cl2SiZr. The molecule has 0 N–H and O–H groups in total. The molecule has 0 bridgehead atoms. The second kappa shape index (κ2) is 8.69. The van der Waals surface area contributed by atoms with Crippen LogP contribution in [0.15, 0.2) is 44.8 Å². The van der Waals surface area contributed by atoms with Gasteiger partial charge in [0.1, 0.15) is 0 Å². The number of halogens is 2. The van der Waals surface area contributed by atoms with Gasteiger partial charge < -0.3 is 24.8 Å². The molecule has 0 atom stereocenters. The number of rotatable bonds is 3. The smallest absolute Gasteiger partial charge is 1.00 e. The molecule has 0 aromatic heterocycles. The molecule has 0 radical (unpaired) electrons. The Morgan fingerprint density at radius 2 is 1.94 bits per heavy atom. The van der Waals surface area contributed by atoms with E-state index in [9.17, 15) is 0 Å². The maximum Gasteiger partial charge on any atom is -1.00 e. The maximum atomic E-state index is 2.48. The first-order chi connectivity index (χ1) is 7.25. The Labute approximate surface area is 128 Å². The van der Waals surface area contributed by atoms with Gasteiger partial charge in [-0.25, -0.2) is 0 Å². The van der Waals surface area contributed by atoms with Crippen LogP contribution in [0.2, 0.25) is 13.1 Å². The van der Waals surface area contributed by atoms with Gasteiger partial charge in [0, 0.05) is 0 Å². The zero-order chi connectivity index (χ0) is 10.7. The predicted molar refractivity (Wildman–Crippen MR) is 64.7 cm³/mol. The quantitative estimate of drug-likeness (QED) is 0.500. The molecule has 4 heteroatoms. The average molecular weight is 363 g/mol. The molecule has 0 aromatic rings. The Bertz CT molecular complexity index is 413. The van der Waals surface area contributed by atoms with Crippen LogP contribution in [-0.4, -0.2) is 5.43 Å². The van der Waals surface area contributed by atoms with E-state index in [1.807, 2.05) is 3.28 Å². The maximum absolute atomic E-state index is 2.48. The summed E-state index contributed by atoms with van der Waals surface area (Å²) >= 11 is -0.174. The van der Waals surface area contributed by atoms with Crippen molar-refractivity contribution in [3.63, 3.8) is 0 Å². The van der Waals surface area contributed by atoms with Crippen molar-refractivity contribution in [2.24, 2.45) is 0 Å². The summed E-state index contributed by atoms with van der Waals surface area (Å²) in [5.41, 5.74) is 3.34. The van der Waals surface area contributed by atoms with Crippen LogP contribution in [0.4, 0.5) is 0 Å². The Kier molecular flexibility index (Phi) is 9.02. The van der Waals surface area contributed by atoms with E-state index in [0.717, 1.165) is 0 Å².